The average molecular weight is 288 g/mol. The van der Waals surface area contributed by atoms with E-state index in [9.17, 15) is 9.59 Å². The van der Waals surface area contributed by atoms with Crippen molar-refractivity contribution in [1.82, 2.24) is 9.80 Å². The van der Waals surface area contributed by atoms with Crippen molar-refractivity contribution in [2.75, 3.05) is 26.3 Å². The molecule has 0 radical (unpaired) electrons. The molecular weight excluding hydrogens is 268 g/mol. The lowest BCUT2D eigenvalue weighted by molar-refractivity contribution is -0.159. The van der Waals surface area contributed by atoms with Gasteiger partial charge in [0.1, 0.15) is 12.6 Å². The second-order valence-corrected chi connectivity index (χ2v) is 5.57. The molecule has 3 rings (SSSR count). The zero-order valence-corrected chi connectivity index (χ0v) is 12.0. The van der Waals surface area contributed by atoms with Crippen LogP contribution in [0.25, 0.3) is 0 Å². The van der Waals surface area contributed by atoms with Gasteiger partial charge < -0.3 is 14.5 Å². The Bertz CT molecular complexity index is 512. The molecule has 0 N–H and O–H groups in total. The predicted molar refractivity (Wildman–Crippen MR) is 77.4 cm³/mol. The monoisotopic (exact) mass is 288 g/mol. The van der Waals surface area contributed by atoms with Crippen molar-refractivity contribution < 1.29 is 14.3 Å². The van der Waals surface area contributed by atoms with Gasteiger partial charge in [0.2, 0.25) is 11.8 Å². The van der Waals surface area contributed by atoms with Gasteiger partial charge in [-0.15, -0.1) is 0 Å². The van der Waals surface area contributed by atoms with E-state index in [1.165, 1.54) is 0 Å². The van der Waals surface area contributed by atoms with Crippen molar-refractivity contribution in [2.24, 2.45) is 0 Å². The fourth-order valence-corrected chi connectivity index (χ4v) is 2.94. The first-order chi connectivity index (χ1) is 10.3. The van der Waals surface area contributed by atoms with E-state index in [0.29, 0.717) is 13.2 Å². The highest BCUT2D eigenvalue weighted by atomic mass is 16.5. The number of nitrogens with zero attached hydrogens (tertiary/aromatic N) is 2. The van der Waals surface area contributed by atoms with Gasteiger partial charge in [-0.1, -0.05) is 30.3 Å². The molecule has 1 atom stereocenters. The van der Waals surface area contributed by atoms with Gasteiger partial charge in [-0.2, -0.15) is 0 Å². The molecule has 0 aromatic heterocycles. The summed E-state index contributed by atoms with van der Waals surface area (Å²) in [4.78, 5) is 28.3. The zero-order chi connectivity index (χ0) is 14.7. The molecule has 0 spiro atoms. The number of morpholine rings is 1. The topological polar surface area (TPSA) is 49.9 Å². The van der Waals surface area contributed by atoms with Crippen molar-refractivity contribution in [3.8, 4) is 0 Å². The highest BCUT2D eigenvalue weighted by Crippen LogP contribution is 2.18. The fraction of sp³-hybridized carbons (Fsp3) is 0.500. The maximum absolute atomic E-state index is 12.6. The normalized spacial score (nSPS) is 22.7. The largest absolute Gasteiger partial charge is 0.369 e. The van der Waals surface area contributed by atoms with Crippen LogP contribution >= 0.6 is 0 Å². The van der Waals surface area contributed by atoms with Crippen LogP contribution in [-0.4, -0.2) is 54.0 Å². The van der Waals surface area contributed by atoms with Crippen LogP contribution in [0.1, 0.15) is 18.4 Å². The first-order valence-electron chi connectivity index (χ1n) is 7.45. The number of hydrogen-bond acceptors (Lipinski definition) is 3. The van der Waals surface area contributed by atoms with Gasteiger partial charge in [-0.25, -0.2) is 0 Å². The maximum Gasteiger partial charge on any atom is 0.249 e. The van der Waals surface area contributed by atoms with Crippen molar-refractivity contribution >= 4 is 11.8 Å². The summed E-state index contributed by atoms with van der Waals surface area (Å²) in [6.45, 7) is 2.42. The highest BCUT2D eigenvalue weighted by molar-refractivity contribution is 5.89. The number of ether oxygens (including phenoxy) is 1. The van der Waals surface area contributed by atoms with E-state index < -0.39 is 6.04 Å². The molecule has 0 saturated carbocycles. The molecule has 2 aliphatic rings. The molecule has 5 nitrogen and oxygen atoms in total. The lowest BCUT2D eigenvalue weighted by Crippen LogP contribution is -2.56. The number of amides is 2. The van der Waals surface area contributed by atoms with Crippen molar-refractivity contribution in [1.29, 1.82) is 0 Å². The summed E-state index contributed by atoms with van der Waals surface area (Å²) < 4.78 is 5.30. The Hall–Kier alpha value is -1.88. The number of hydrogen-bond donors (Lipinski definition) is 0. The van der Waals surface area contributed by atoms with Crippen LogP contribution < -0.4 is 0 Å². The molecule has 0 unspecified atom stereocenters. The van der Waals surface area contributed by atoms with Crippen molar-refractivity contribution in [3.63, 3.8) is 0 Å². The van der Waals surface area contributed by atoms with E-state index in [1.807, 2.05) is 35.2 Å². The van der Waals surface area contributed by atoms with Crippen LogP contribution in [0, 0.1) is 0 Å². The first kappa shape index (κ1) is 14.1. The van der Waals surface area contributed by atoms with E-state index in [-0.39, 0.29) is 18.4 Å². The average Bonchev–Trinajstić information content (AvgIpc) is 3.04. The Kier molecular flexibility index (Phi) is 4.20. The summed E-state index contributed by atoms with van der Waals surface area (Å²) >= 11 is 0. The molecule has 5 heteroatoms. The second kappa shape index (κ2) is 6.26. The summed E-state index contributed by atoms with van der Waals surface area (Å²) in [5.74, 6) is -0.0841. The van der Waals surface area contributed by atoms with E-state index in [4.69, 9.17) is 4.74 Å². The lowest BCUT2D eigenvalue weighted by Gasteiger charge is -2.36. The molecule has 21 heavy (non-hydrogen) atoms. The Balaban J connectivity index is 1.76. The quantitative estimate of drug-likeness (QED) is 0.835. The minimum Gasteiger partial charge on any atom is -0.369 e. The SMILES string of the molecule is O=C([C@H]1COCC(=O)N1Cc1ccccc1)N1CCCC1. The minimum atomic E-state index is -0.482. The third-order valence-electron chi connectivity index (χ3n) is 4.10. The summed E-state index contributed by atoms with van der Waals surface area (Å²) in [7, 11) is 0. The zero-order valence-electron chi connectivity index (χ0n) is 12.0. The Labute approximate surface area is 124 Å². The number of carbonyl (C=O) groups is 2. The van der Waals surface area contributed by atoms with E-state index in [0.717, 1.165) is 31.5 Å². The second-order valence-electron chi connectivity index (χ2n) is 5.57. The Morgan fingerprint density at radius 2 is 1.90 bits per heavy atom. The molecule has 2 amide bonds. The summed E-state index contributed by atoms with van der Waals surface area (Å²) in [6.07, 6.45) is 2.10. The third-order valence-corrected chi connectivity index (χ3v) is 4.10. The summed E-state index contributed by atoms with van der Waals surface area (Å²) in [5.41, 5.74) is 1.03. The van der Waals surface area contributed by atoms with Gasteiger partial charge in [0, 0.05) is 19.6 Å². The fourth-order valence-electron chi connectivity index (χ4n) is 2.94. The first-order valence-corrected chi connectivity index (χ1v) is 7.45. The Morgan fingerprint density at radius 1 is 1.19 bits per heavy atom. The van der Waals surface area contributed by atoms with Gasteiger partial charge in [0.05, 0.1) is 6.61 Å². The molecule has 2 saturated heterocycles. The maximum atomic E-state index is 12.6. The van der Waals surface area contributed by atoms with Crippen LogP contribution in [0.2, 0.25) is 0 Å². The molecule has 1 aromatic carbocycles. The van der Waals surface area contributed by atoms with Gasteiger partial charge >= 0.3 is 0 Å². The van der Waals surface area contributed by atoms with Crippen LogP contribution in [0.3, 0.4) is 0 Å². The minimum absolute atomic E-state index is 0.0245. The smallest absolute Gasteiger partial charge is 0.249 e. The molecular formula is C16H20N2O3. The summed E-state index contributed by atoms with van der Waals surface area (Å²) in [5, 5.41) is 0. The summed E-state index contributed by atoms with van der Waals surface area (Å²) in [6, 6.07) is 9.29. The van der Waals surface area contributed by atoms with Crippen molar-refractivity contribution in [2.45, 2.75) is 25.4 Å². The molecule has 1 aromatic rings. The molecule has 2 aliphatic heterocycles. The van der Waals surface area contributed by atoms with Crippen LogP contribution in [0.5, 0.6) is 0 Å². The molecule has 2 heterocycles. The lowest BCUT2D eigenvalue weighted by atomic mass is 10.1. The van der Waals surface area contributed by atoms with E-state index >= 15 is 0 Å². The predicted octanol–water partition coefficient (Wildman–Crippen LogP) is 1.04. The molecule has 2 fully saturated rings. The van der Waals surface area contributed by atoms with Crippen molar-refractivity contribution in [3.05, 3.63) is 35.9 Å². The van der Waals surface area contributed by atoms with Gasteiger partial charge in [0.15, 0.2) is 0 Å². The van der Waals surface area contributed by atoms with Gasteiger partial charge in [-0.3, -0.25) is 9.59 Å². The van der Waals surface area contributed by atoms with E-state index in [2.05, 4.69) is 0 Å². The van der Waals surface area contributed by atoms with Crippen LogP contribution in [0.4, 0.5) is 0 Å². The van der Waals surface area contributed by atoms with Gasteiger partial charge in [-0.05, 0) is 18.4 Å². The van der Waals surface area contributed by atoms with Crippen LogP contribution in [0.15, 0.2) is 30.3 Å². The highest BCUT2D eigenvalue weighted by Gasteiger charge is 2.37. The number of rotatable bonds is 3. The number of likely N-dealkylation sites (tertiary alicyclic amines) is 1. The number of benzene rings is 1. The number of carbonyl (C=O) groups excluding carboxylic acids is 2. The van der Waals surface area contributed by atoms with Crippen LogP contribution in [-0.2, 0) is 20.9 Å². The molecule has 0 aliphatic carbocycles. The van der Waals surface area contributed by atoms with Gasteiger partial charge in [0.25, 0.3) is 0 Å². The molecule has 0 bridgehead atoms. The Morgan fingerprint density at radius 3 is 2.62 bits per heavy atom. The standard InChI is InChI=1S/C16H20N2O3/c19-15-12-21-11-14(16(20)17-8-4-5-9-17)18(15)10-13-6-2-1-3-7-13/h1-3,6-7,14H,4-5,8-12H2/t14-/m1/s1. The third kappa shape index (κ3) is 3.08. The van der Waals surface area contributed by atoms with E-state index in [1.54, 1.807) is 4.90 Å². The molecule has 112 valence electrons.